The number of hydrogen-bond acceptors (Lipinski definition) is 8. The van der Waals surface area contributed by atoms with Gasteiger partial charge >= 0.3 is 0 Å². The Bertz CT molecular complexity index is 837. The molecule has 4 N–H and O–H groups in total. The fourth-order valence-corrected chi connectivity index (χ4v) is 3.86. The maximum Gasteiger partial charge on any atom is 0.252 e. The first-order valence-electron chi connectivity index (χ1n) is 9.83. The lowest BCUT2D eigenvalue weighted by Gasteiger charge is -2.17. The molecule has 10 nitrogen and oxygen atoms in total. The van der Waals surface area contributed by atoms with Crippen LogP contribution < -0.4 is 10.6 Å². The number of aromatic nitrogens is 4. The van der Waals surface area contributed by atoms with Gasteiger partial charge in [-0.2, -0.15) is 0 Å². The third kappa shape index (κ3) is 3.43. The molecular formula is C18H26N6O4. The van der Waals surface area contributed by atoms with Gasteiger partial charge in [0.1, 0.15) is 18.5 Å². The zero-order chi connectivity index (χ0) is 19.7. The summed E-state index contributed by atoms with van der Waals surface area (Å²) in [6.07, 6.45) is 3.54. The van der Waals surface area contributed by atoms with Gasteiger partial charge in [0.05, 0.1) is 6.33 Å². The lowest BCUT2D eigenvalue weighted by Crippen LogP contribution is -2.42. The minimum absolute atomic E-state index is 0.366. The first kappa shape index (κ1) is 19.0. The predicted molar refractivity (Wildman–Crippen MR) is 100 cm³/mol. The van der Waals surface area contributed by atoms with Gasteiger partial charge in [-0.15, -0.1) is 0 Å². The summed E-state index contributed by atoms with van der Waals surface area (Å²) in [5.41, 5.74) is 1.04. The first-order valence-corrected chi connectivity index (χ1v) is 9.83. The molecule has 152 valence electrons. The first-order chi connectivity index (χ1) is 13.6. The lowest BCUT2D eigenvalue weighted by atomic mass is 10.1. The monoisotopic (exact) mass is 390 g/mol. The fourth-order valence-electron chi connectivity index (χ4n) is 3.86. The third-order valence-corrected chi connectivity index (χ3v) is 5.37. The van der Waals surface area contributed by atoms with Crippen LogP contribution in [-0.2, 0) is 9.53 Å². The predicted octanol–water partition coefficient (Wildman–Crippen LogP) is 0.326. The molecule has 10 heteroatoms. The average Bonchev–Trinajstić information content (AvgIpc) is 3.41. The van der Waals surface area contributed by atoms with E-state index in [9.17, 15) is 15.0 Å². The zero-order valence-electron chi connectivity index (χ0n) is 15.8. The molecule has 1 aliphatic carbocycles. The quantitative estimate of drug-likeness (QED) is 0.554. The molecule has 1 amide bonds. The summed E-state index contributed by atoms with van der Waals surface area (Å²) in [5.74, 6) is 0.194. The number of anilines is 1. The Balaban J connectivity index is 1.58. The van der Waals surface area contributed by atoms with Gasteiger partial charge in [-0.25, -0.2) is 15.0 Å². The van der Waals surface area contributed by atoms with Gasteiger partial charge in [0, 0.05) is 12.6 Å². The van der Waals surface area contributed by atoms with Gasteiger partial charge in [-0.1, -0.05) is 19.8 Å². The topological polar surface area (TPSA) is 134 Å². The van der Waals surface area contributed by atoms with E-state index < -0.39 is 30.4 Å². The number of nitrogens with one attached hydrogen (secondary N) is 2. The fraction of sp³-hybridized carbons (Fsp3) is 0.667. The summed E-state index contributed by atoms with van der Waals surface area (Å²) in [6, 6.07) is 0.366. The Morgan fingerprint density at radius 1 is 1.25 bits per heavy atom. The highest BCUT2D eigenvalue weighted by Crippen LogP contribution is 2.33. The number of carbonyl (C=O) groups is 1. The van der Waals surface area contributed by atoms with Crippen LogP contribution in [0.5, 0.6) is 0 Å². The van der Waals surface area contributed by atoms with Crippen molar-refractivity contribution < 1.29 is 19.7 Å². The van der Waals surface area contributed by atoms with Crippen molar-refractivity contribution >= 4 is 22.9 Å². The number of nitrogens with zero attached hydrogens (tertiary/aromatic N) is 4. The summed E-state index contributed by atoms with van der Waals surface area (Å²) in [4.78, 5) is 25.2. The third-order valence-electron chi connectivity index (χ3n) is 5.37. The van der Waals surface area contributed by atoms with Gasteiger partial charge in [0.25, 0.3) is 5.91 Å². The maximum absolute atomic E-state index is 12.2. The molecule has 2 aromatic rings. The number of carbonyl (C=O) groups excluding carboxylic acids is 1. The van der Waals surface area contributed by atoms with Gasteiger partial charge in [0.2, 0.25) is 0 Å². The van der Waals surface area contributed by atoms with Crippen LogP contribution in [0.15, 0.2) is 12.7 Å². The second-order valence-electron chi connectivity index (χ2n) is 7.39. The Morgan fingerprint density at radius 3 is 2.79 bits per heavy atom. The van der Waals surface area contributed by atoms with Crippen molar-refractivity contribution in [1.82, 2.24) is 24.8 Å². The van der Waals surface area contributed by atoms with Crippen LogP contribution in [0.25, 0.3) is 11.2 Å². The maximum atomic E-state index is 12.2. The van der Waals surface area contributed by atoms with Crippen molar-refractivity contribution in [3.63, 3.8) is 0 Å². The molecule has 1 saturated carbocycles. The minimum atomic E-state index is -1.34. The van der Waals surface area contributed by atoms with E-state index in [1.807, 2.05) is 6.92 Å². The number of aliphatic hydroxyl groups is 2. The smallest absolute Gasteiger partial charge is 0.252 e. The number of imidazole rings is 1. The van der Waals surface area contributed by atoms with Gasteiger partial charge in [-0.3, -0.25) is 9.36 Å². The molecule has 2 aromatic heterocycles. The van der Waals surface area contributed by atoms with E-state index in [2.05, 4.69) is 25.6 Å². The molecule has 0 bridgehead atoms. The van der Waals surface area contributed by atoms with Crippen molar-refractivity contribution in [2.45, 2.75) is 69.6 Å². The molecule has 4 rings (SSSR count). The van der Waals surface area contributed by atoms with Crippen molar-refractivity contribution in [3.05, 3.63) is 12.7 Å². The highest BCUT2D eigenvalue weighted by molar-refractivity contribution is 5.83. The second-order valence-corrected chi connectivity index (χ2v) is 7.39. The van der Waals surface area contributed by atoms with Crippen LogP contribution >= 0.6 is 0 Å². The number of ether oxygens (including phenoxy) is 1. The largest absolute Gasteiger partial charge is 0.387 e. The highest BCUT2D eigenvalue weighted by Gasteiger charge is 2.47. The molecule has 4 atom stereocenters. The van der Waals surface area contributed by atoms with Gasteiger partial charge < -0.3 is 25.6 Å². The number of aliphatic hydroxyl groups excluding tert-OH is 2. The Kier molecular flexibility index (Phi) is 5.42. The van der Waals surface area contributed by atoms with E-state index in [1.54, 1.807) is 0 Å². The normalized spacial score (nSPS) is 28.1. The Labute approximate surface area is 162 Å². The molecule has 28 heavy (non-hydrogen) atoms. The van der Waals surface area contributed by atoms with E-state index >= 15 is 0 Å². The minimum Gasteiger partial charge on any atom is -0.387 e. The van der Waals surface area contributed by atoms with E-state index in [-0.39, 0.29) is 0 Å². The molecule has 1 saturated heterocycles. The van der Waals surface area contributed by atoms with Crippen LogP contribution in [0.2, 0.25) is 0 Å². The van der Waals surface area contributed by atoms with Crippen LogP contribution in [0.1, 0.15) is 45.3 Å². The van der Waals surface area contributed by atoms with Crippen molar-refractivity contribution in [2.24, 2.45) is 0 Å². The van der Waals surface area contributed by atoms with E-state index in [0.717, 1.165) is 19.3 Å². The molecular weight excluding hydrogens is 364 g/mol. The van der Waals surface area contributed by atoms with Gasteiger partial charge in [-0.05, 0) is 19.3 Å². The van der Waals surface area contributed by atoms with Crippen molar-refractivity contribution in [3.8, 4) is 0 Å². The molecule has 3 heterocycles. The number of hydrogen-bond donors (Lipinski definition) is 4. The van der Waals surface area contributed by atoms with Crippen molar-refractivity contribution in [1.29, 1.82) is 0 Å². The summed E-state index contributed by atoms with van der Waals surface area (Å²) in [5, 5.41) is 26.9. The van der Waals surface area contributed by atoms with Crippen molar-refractivity contribution in [2.75, 3.05) is 11.9 Å². The van der Waals surface area contributed by atoms with Gasteiger partial charge in [0.15, 0.2) is 29.3 Å². The summed E-state index contributed by atoms with van der Waals surface area (Å²) in [7, 11) is 0. The van der Waals surface area contributed by atoms with E-state index in [1.165, 1.54) is 30.1 Å². The van der Waals surface area contributed by atoms with Crippen LogP contribution in [0.4, 0.5) is 5.82 Å². The second kappa shape index (κ2) is 7.98. The molecule has 2 aliphatic rings. The number of rotatable bonds is 6. The summed E-state index contributed by atoms with van der Waals surface area (Å²) in [6.45, 7) is 2.40. The Hall–Kier alpha value is -2.30. The highest BCUT2D eigenvalue weighted by atomic mass is 16.6. The zero-order valence-corrected chi connectivity index (χ0v) is 15.8. The molecule has 0 unspecified atom stereocenters. The van der Waals surface area contributed by atoms with Crippen LogP contribution in [0.3, 0.4) is 0 Å². The standard InChI is InChI=1S/C18H26N6O4/c1-2-7-19-17(27)14-12(25)13(26)18(28-14)24-9-22-11-15(20-8-21-16(11)24)23-10-5-3-4-6-10/h8-10,12-14,18,25-26H,2-7H2,1H3,(H,19,27)(H,20,21,23)/t12-,13+,14-,18+/m0/s1. The summed E-state index contributed by atoms with van der Waals surface area (Å²) < 4.78 is 7.24. The molecule has 1 aliphatic heterocycles. The van der Waals surface area contributed by atoms with Crippen LogP contribution in [-0.4, -0.2) is 66.5 Å². The molecule has 0 spiro atoms. The molecule has 0 radical (unpaired) electrons. The molecule has 2 fully saturated rings. The number of amides is 1. The van der Waals surface area contributed by atoms with Crippen LogP contribution in [0, 0.1) is 0 Å². The SMILES string of the molecule is CCCNC(=O)[C@H]1O[C@@H](n2cnc3c(NC4CCCC4)ncnc32)[C@H](O)[C@@H]1O. The average molecular weight is 390 g/mol. The van der Waals surface area contributed by atoms with E-state index in [4.69, 9.17) is 4.74 Å². The molecule has 0 aromatic carbocycles. The Morgan fingerprint density at radius 2 is 2.04 bits per heavy atom. The lowest BCUT2D eigenvalue weighted by molar-refractivity contribution is -0.137. The summed E-state index contributed by atoms with van der Waals surface area (Å²) >= 11 is 0. The number of fused-ring (bicyclic) bond motifs is 1. The van der Waals surface area contributed by atoms with E-state index in [0.29, 0.717) is 29.6 Å².